The van der Waals surface area contributed by atoms with E-state index in [1.807, 2.05) is 13.8 Å². The Balaban J connectivity index is 0.00000312. The summed E-state index contributed by atoms with van der Waals surface area (Å²) in [5.41, 5.74) is 5.09. The second kappa shape index (κ2) is 7.40. The molecule has 0 aromatic carbocycles. The summed E-state index contributed by atoms with van der Waals surface area (Å²) >= 11 is 0. The van der Waals surface area contributed by atoms with E-state index in [0.29, 0.717) is 13.1 Å². The van der Waals surface area contributed by atoms with E-state index in [1.54, 1.807) is 19.0 Å². The van der Waals surface area contributed by atoms with Crippen LogP contribution in [0.5, 0.6) is 0 Å². The predicted molar refractivity (Wildman–Crippen MR) is 97.9 cm³/mol. The van der Waals surface area contributed by atoms with Crippen molar-refractivity contribution < 1.29 is 4.79 Å². The molecule has 2 rings (SSSR count). The Kier molecular flexibility index (Phi) is 6.19. The first-order valence-electron chi connectivity index (χ1n) is 7.64. The molecule has 0 aliphatic carbocycles. The zero-order chi connectivity index (χ0) is 18.2. The molecule has 9 nitrogen and oxygen atoms in total. The third-order valence-corrected chi connectivity index (χ3v) is 4.17. The molecule has 25 heavy (non-hydrogen) atoms. The van der Waals surface area contributed by atoms with Crippen LogP contribution < -0.4 is 17.0 Å². The highest BCUT2D eigenvalue weighted by atomic mass is 35.5. The first-order valence-corrected chi connectivity index (χ1v) is 7.64. The number of aromatic nitrogens is 4. The SMILES string of the molecule is CN(CC(C)(C)CN)C(=O)Cn1cnc2c1c(=O)n(C)c(=O)n2C.Cl. The number of carbonyl (C=O) groups is 1. The molecule has 0 saturated heterocycles. The number of amides is 1. The third kappa shape index (κ3) is 3.93. The summed E-state index contributed by atoms with van der Waals surface area (Å²) in [6.45, 7) is 4.90. The van der Waals surface area contributed by atoms with E-state index in [4.69, 9.17) is 5.73 Å². The van der Waals surface area contributed by atoms with Gasteiger partial charge in [-0.3, -0.25) is 18.7 Å². The van der Waals surface area contributed by atoms with Gasteiger partial charge in [0.05, 0.1) is 6.33 Å². The predicted octanol–water partition coefficient (Wildman–Crippen LogP) is -0.701. The molecule has 0 aliphatic rings. The number of imidazole rings is 1. The topological polar surface area (TPSA) is 108 Å². The second-order valence-corrected chi connectivity index (χ2v) is 6.87. The molecule has 0 bridgehead atoms. The van der Waals surface area contributed by atoms with Gasteiger partial charge in [0.1, 0.15) is 6.54 Å². The highest BCUT2D eigenvalue weighted by Crippen LogP contribution is 2.14. The fraction of sp³-hybridized carbons (Fsp3) is 0.600. The molecule has 0 aliphatic heterocycles. The van der Waals surface area contributed by atoms with Crippen molar-refractivity contribution in [1.29, 1.82) is 0 Å². The molecule has 2 aromatic rings. The number of carbonyl (C=O) groups excluding carboxylic acids is 1. The Morgan fingerprint density at radius 2 is 1.88 bits per heavy atom. The average Bonchev–Trinajstić information content (AvgIpc) is 2.94. The van der Waals surface area contributed by atoms with Crippen LogP contribution in [0.4, 0.5) is 0 Å². The van der Waals surface area contributed by atoms with Crippen LogP contribution in [0.25, 0.3) is 11.2 Å². The smallest absolute Gasteiger partial charge is 0.332 e. The normalized spacial score (nSPS) is 11.4. The van der Waals surface area contributed by atoms with Crippen molar-refractivity contribution in [3.05, 3.63) is 27.2 Å². The summed E-state index contributed by atoms with van der Waals surface area (Å²) in [4.78, 5) is 42.4. The molecular formula is C15H25ClN6O3. The van der Waals surface area contributed by atoms with Gasteiger partial charge >= 0.3 is 5.69 Å². The van der Waals surface area contributed by atoms with Gasteiger partial charge < -0.3 is 15.2 Å². The molecule has 0 saturated carbocycles. The largest absolute Gasteiger partial charge is 0.344 e. The van der Waals surface area contributed by atoms with E-state index < -0.39 is 11.2 Å². The van der Waals surface area contributed by atoms with Crippen molar-refractivity contribution in [3.8, 4) is 0 Å². The lowest BCUT2D eigenvalue weighted by molar-refractivity contribution is -0.131. The number of halogens is 1. The maximum Gasteiger partial charge on any atom is 0.332 e. The number of aryl methyl sites for hydroxylation is 1. The summed E-state index contributed by atoms with van der Waals surface area (Å²) in [6.07, 6.45) is 1.41. The van der Waals surface area contributed by atoms with Gasteiger partial charge in [-0.25, -0.2) is 9.78 Å². The minimum Gasteiger partial charge on any atom is -0.344 e. The first kappa shape index (κ1) is 20.9. The van der Waals surface area contributed by atoms with Gasteiger partial charge in [0.2, 0.25) is 5.91 Å². The fourth-order valence-electron chi connectivity index (χ4n) is 2.58. The van der Waals surface area contributed by atoms with Gasteiger partial charge in [0, 0.05) is 27.7 Å². The van der Waals surface area contributed by atoms with Crippen LogP contribution in [-0.4, -0.2) is 49.6 Å². The molecule has 1 amide bonds. The zero-order valence-corrected chi connectivity index (χ0v) is 16.0. The quantitative estimate of drug-likeness (QED) is 0.746. The maximum atomic E-state index is 12.5. The van der Waals surface area contributed by atoms with E-state index in [2.05, 4.69) is 4.98 Å². The number of hydrogen-bond acceptors (Lipinski definition) is 5. The van der Waals surface area contributed by atoms with Crippen molar-refractivity contribution in [2.24, 2.45) is 25.2 Å². The summed E-state index contributed by atoms with van der Waals surface area (Å²) in [5, 5.41) is 0. The van der Waals surface area contributed by atoms with Gasteiger partial charge in [-0.15, -0.1) is 12.4 Å². The number of likely N-dealkylation sites (N-methyl/N-ethyl adjacent to an activating group) is 1. The van der Waals surface area contributed by atoms with Crippen molar-refractivity contribution >= 4 is 29.5 Å². The van der Waals surface area contributed by atoms with Crippen molar-refractivity contribution in [1.82, 2.24) is 23.6 Å². The van der Waals surface area contributed by atoms with E-state index in [0.717, 1.165) is 4.57 Å². The number of hydrogen-bond donors (Lipinski definition) is 1. The zero-order valence-electron chi connectivity index (χ0n) is 15.1. The molecule has 0 radical (unpaired) electrons. The van der Waals surface area contributed by atoms with Gasteiger partial charge in [0.15, 0.2) is 11.2 Å². The minimum absolute atomic E-state index is 0. The Morgan fingerprint density at radius 3 is 2.44 bits per heavy atom. The molecule has 0 atom stereocenters. The first-order chi connectivity index (χ1) is 11.1. The molecule has 140 valence electrons. The van der Waals surface area contributed by atoms with E-state index in [9.17, 15) is 14.4 Å². The van der Waals surface area contributed by atoms with Crippen LogP contribution in [0.15, 0.2) is 15.9 Å². The second-order valence-electron chi connectivity index (χ2n) is 6.87. The van der Waals surface area contributed by atoms with Crippen LogP contribution >= 0.6 is 12.4 Å². The van der Waals surface area contributed by atoms with Crippen molar-refractivity contribution in [2.75, 3.05) is 20.1 Å². The Morgan fingerprint density at radius 1 is 1.28 bits per heavy atom. The molecular weight excluding hydrogens is 348 g/mol. The summed E-state index contributed by atoms with van der Waals surface area (Å²) < 4.78 is 3.77. The van der Waals surface area contributed by atoms with Crippen molar-refractivity contribution in [3.63, 3.8) is 0 Å². The molecule has 10 heteroatoms. The van der Waals surface area contributed by atoms with E-state index >= 15 is 0 Å². The van der Waals surface area contributed by atoms with Crippen LogP contribution in [0.3, 0.4) is 0 Å². The molecule has 0 fully saturated rings. The standard InChI is InChI=1S/C15H24N6O3.ClH/c1-15(2,7-16)8-18(3)10(22)6-21-9-17-12-11(21)13(23)20(5)14(24)19(12)4;/h9H,6-8,16H2,1-5H3;1H. The number of nitrogens with two attached hydrogens (primary N) is 1. The molecule has 0 spiro atoms. The molecule has 2 N–H and O–H groups in total. The Labute approximate surface area is 151 Å². The van der Waals surface area contributed by atoms with Crippen LogP contribution in [0, 0.1) is 5.41 Å². The highest BCUT2D eigenvalue weighted by Gasteiger charge is 2.22. The summed E-state index contributed by atoms with van der Waals surface area (Å²) in [5.74, 6) is -0.160. The Hall–Kier alpha value is -2.13. The third-order valence-electron chi connectivity index (χ3n) is 4.17. The average molecular weight is 373 g/mol. The van der Waals surface area contributed by atoms with Gasteiger partial charge in [-0.1, -0.05) is 13.8 Å². The van der Waals surface area contributed by atoms with Gasteiger partial charge in [-0.2, -0.15) is 0 Å². The Bertz CT molecular complexity index is 895. The number of nitrogens with zero attached hydrogens (tertiary/aromatic N) is 5. The number of fused-ring (bicyclic) bond motifs is 1. The van der Waals surface area contributed by atoms with Gasteiger partial charge in [0.25, 0.3) is 5.56 Å². The van der Waals surface area contributed by atoms with E-state index in [-0.39, 0.29) is 41.4 Å². The molecule has 2 heterocycles. The fourth-order valence-corrected chi connectivity index (χ4v) is 2.58. The van der Waals surface area contributed by atoms with Crippen LogP contribution in [-0.2, 0) is 25.4 Å². The van der Waals surface area contributed by atoms with Crippen LogP contribution in [0.2, 0.25) is 0 Å². The van der Waals surface area contributed by atoms with Gasteiger partial charge in [-0.05, 0) is 12.0 Å². The number of rotatable bonds is 5. The van der Waals surface area contributed by atoms with Crippen LogP contribution in [0.1, 0.15) is 13.8 Å². The lowest BCUT2D eigenvalue weighted by Crippen LogP contribution is -2.41. The molecule has 2 aromatic heterocycles. The van der Waals surface area contributed by atoms with Crippen molar-refractivity contribution in [2.45, 2.75) is 20.4 Å². The highest BCUT2D eigenvalue weighted by molar-refractivity contribution is 5.85. The van der Waals surface area contributed by atoms with E-state index in [1.165, 1.54) is 22.5 Å². The monoisotopic (exact) mass is 372 g/mol. The summed E-state index contributed by atoms with van der Waals surface area (Å²) in [7, 11) is 4.64. The molecule has 0 unspecified atom stereocenters. The lowest BCUT2D eigenvalue weighted by atomic mass is 9.93. The summed E-state index contributed by atoms with van der Waals surface area (Å²) in [6, 6.07) is 0. The minimum atomic E-state index is -0.469. The lowest BCUT2D eigenvalue weighted by Gasteiger charge is -2.29. The maximum absolute atomic E-state index is 12.5.